The Labute approximate surface area is 54.0 Å². The molecule has 0 amide bonds. The lowest BCUT2D eigenvalue weighted by Crippen LogP contribution is -2.09. The lowest BCUT2D eigenvalue weighted by molar-refractivity contribution is 0.651. The predicted molar refractivity (Wildman–Crippen MR) is 34.6 cm³/mol. The first kappa shape index (κ1) is 7.83. The summed E-state index contributed by atoms with van der Waals surface area (Å²) in [7, 11) is 0. The van der Waals surface area contributed by atoms with E-state index in [9.17, 15) is 4.91 Å². The molecule has 9 heavy (non-hydrogen) atoms. The first-order chi connectivity index (χ1) is 4.12. The van der Waals surface area contributed by atoms with Crippen LogP contribution in [0.25, 0.3) is 0 Å². The first-order valence-electron chi connectivity index (χ1n) is 2.54. The minimum absolute atomic E-state index is 0.740. The zero-order valence-electron chi connectivity index (χ0n) is 5.46. The fourth-order valence-electron chi connectivity index (χ4n) is 0.272. The molecule has 0 N–H and O–H groups in total. The van der Waals surface area contributed by atoms with Crippen molar-refractivity contribution in [3.05, 3.63) is 17.1 Å². The van der Waals surface area contributed by atoms with Crippen molar-refractivity contribution in [3.8, 4) is 6.07 Å². The summed E-state index contributed by atoms with van der Waals surface area (Å²) >= 11 is 0. The van der Waals surface area contributed by atoms with E-state index in [1.165, 1.54) is 12.2 Å². The zero-order valence-corrected chi connectivity index (χ0v) is 5.46. The molecule has 0 heterocycles. The Morgan fingerprint density at radius 3 is 2.56 bits per heavy atom. The molecule has 0 saturated carbocycles. The number of rotatable bonds is 2. The maximum Gasteiger partial charge on any atom is 0.116 e. The van der Waals surface area contributed by atoms with Crippen LogP contribution in [0.4, 0.5) is 0 Å². The molecule has 0 aliphatic rings. The number of nitroso groups, excluding NO2 is 1. The van der Waals surface area contributed by atoms with Crippen molar-refractivity contribution in [3.63, 3.8) is 0 Å². The summed E-state index contributed by atoms with van der Waals surface area (Å²) in [5.41, 5.74) is -0.740. The van der Waals surface area contributed by atoms with E-state index in [-0.39, 0.29) is 0 Å². The summed E-state index contributed by atoms with van der Waals surface area (Å²) < 4.78 is 0. The van der Waals surface area contributed by atoms with Crippen LogP contribution in [0.3, 0.4) is 0 Å². The van der Waals surface area contributed by atoms with E-state index in [0.717, 1.165) is 0 Å². The highest BCUT2D eigenvalue weighted by Crippen LogP contribution is 2.08. The van der Waals surface area contributed by atoms with Crippen molar-refractivity contribution in [1.29, 1.82) is 5.26 Å². The minimum atomic E-state index is -0.740. The van der Waals surface area contributed by atoms with E-state index in [2.05, 4.69) is 5.18 Å². The van der Waals surface area contributed by atoms with Crippen LogP contribution in [0, 0.1) is 16.2 Å². The Morgan fingerprint density at radius 1 is 1.67 bits per heavy atom. The molecule has 0 unspecified atom stereocenters. The molecule has 0 atom stereocenters. The van der Waals surface area contributed by atoms with E-state index < -0.39 is 5.54 Å². The van der Waals surface area contributed by atoms with Gasteiger partial charge in [-0.3, -0.25) is 0 Å². The van der Waals surface area contributed by atoms with Crippen LogP contribution in [0.5, 0.6) is 0 Å². The van der Waals surface area contributed by atoms with Crippen LogP contribution in [0.15, 0.2) is 17.3 Å². The highest BCUT2D eigenvalue weighted by molar-refractivity contribution is 5.10. The van der Waals surface area contributed by atoms with Crippen molar-refractivity contribution in [2.45, 2.75) is 19.4 Å². The second kappa shape index (κ2) is 2.98. The summed E-state index contributed by atoms with van der Waals surface area (Å²) in [6.45, 7) is 3.27. The van der Waals surface area contributed by atoms with Crippen molar-refractivity contribution < 1.29 is 0 Å². The number of nitriles is 1. The van der Waals surface area contributed by atoms with Gasteiger partial charge in [-0.15, -0.1) is 4.91 Å². The normalized spacial score (nSPS) is 11.2. The monoisotopic (exact) mass is 124 g/mol. The lowest BCUT2D eigenvalue weighted by atomic mass is 10.1. The molecular formula is C6H8N2O. The van der Waals surface area contributed by atoms with Gasteiger partial charge in [0, 0.05) is 6.08 Å². The average Bonchev–Trinajstić information content (AvgIpc) is 1.84. The predicted octanol–water partition coefficient (Wildman–Crippen LogP) is 1.61. The highest BCUT2D eigenvalue weighted by atomic mass is 16.3. The van der Waals surface area contributed by atoms with Gasteiger partial charge in [-0.1, -0.05) is 5.18 Å². The number of hydrogen-bond acceptors (Lipinski definition) is 3. The van der Waals surface area contributed by atoms with Gasteiger partial charge in [-0.05, 0) is 19.9 Å². The SMILES string of the molecule is CC(C)(C=CC#N)N=O. The fourth-order valence-corrected chi connectivity index (χ4v) is 0.272. The Morgan fingerprint density at radius 2 is 2.22 bits per heavy atom. The Hall–Kier alpha value is -1.17. The van der Waals surface area contributed by atoms with Crippen molar-refractivity contribution in [2.75, 3.05) is 0 Å². The highest BCUT2D eigenvalue weighted by Gasteiger charge is 2.11. The molecule has 0 spiro atoms. The number of nitrogens with zero attached hydrogens (tertiary/aromatic N) is 2. The molecule has 0 radical (unpaired) electrons. The van der Waals surface area contributed by atoms with Crippen LogP contribution in [0.2, 0.25) is 0 Å². The third-order valence-corrected chi connectivity index (χ3v) is 0.801. The molecule has 0 aliphatic carbocycles. The van der Waals surface area contributed by atoms with Crippen LogP contribution in [0.1, 0.15) is 13.8 Å². The van der Waals surface area contributed by atoms with Crippen LogP contribution in [-0.4, -0.2) is 5.54 Å². The van der Waals surface area contributed by atoms with Gasteiger partial charge in [0.1, 0.15) is 5.54 Å². The quantitative estimate of drug-likeness (QED) is 0.414. The molecule has 0 aliphatic heterocycles. The maximum absolute atomic E-state index is 9.92. The Balaban J connectivity index is 4.04. The van der Waals surface area contributed by atoms with E-state index in [4.69, 9.17) is 5.26 Å². The molecule has 48 valence electrons. The van der Waals surface area contributed by atoms with Crippen molar-refractivity contribution in [2.24, 2.45) is 5.18 Å². The summed E-state index contributed by atoms with van der Waals surface area (Å²) in [6, 6.07) is 1.78. The third-order valence-electron chi connectivity index (χ3n) is 0.801. The molecule has 0 bridgehead atoms. The first-order valence-corrected chi connectivity index (χ1v) is 2.54. The summed E-state index contributed by atoms with van der Waals surface area (Å²) in [5, 5.41) is 10.8. The molecule has 0 aromatic carbocycles. The van der Waals surface area contributed by atoms with Gasteiger partial charge in [-0.25, -0.2) is 0 Å². The van der Waals surface area contributed by atoms with E-state index in [1.807, 2.05) is 0 Å². The molecule has 0 fully saturated rings. The van der Waals surface area contributed by atoms with E-state index in [1.54, 1.807) is 19.9 Å². The van der Waals surface area contributed by atoms with Gasteiger partial charge in [0.15, 0.2) is 0 Å². The van der Waals surface area contributed by atoms with Crippen LogP contribution in [-0.2, 0) is 0 Å². The third kappa shape index (κ3) is 3.42. The van der Waals surface area contributed by atoms with Crippen molar-refractivity contribution >= 4 is 0 Å². The van der Waals surface area contributed by atoms with Crippen LogP contribution >= 0.6 is 0 Å². The summed E-state index contributed by atoms with van der Waals surface area (Å²) in [6.07, 6.45) is 2.71. The average molecular weight is 124 g/mol. The largest absolute Gasteiger partial charge is 0.193 e. The van der Waals surface area contributed by atoms with E-state index >= 15 is 0 Å². The molecule has 0 aromatic rings. The minimum Gasteiger partial charge on any atom is -0.193 e. The van der Waals surface area contributed by atoms with Gasteiger partial charge < -0.3 is 0 Å². The summed E-state index contributed by atoms with van der Waals surface area (Å²) in [5.74, 6) is 0. The maximum atomic E-state index is 9.92. The number of hydrogen-bond donors (Lipinski definition) is 0. The van der Waals surface area contributed by atoms with E-state index in [0.29, 0.717) is 0 Å². The Kier molecular flexibility index (Phi) is 2.59. The smallest absolute Gasteiger partial charge is 0.116 e. The lowest BCUT2D eigenvalue weighted by Gasteiger charge is -2.05. The topological polar surface area (TPSA) is 53.2 Å². The zero-order chi connectivity index (χ0) is 7.33. The second-order valence-corrected chi connectivity index (χ2v) is 2.21. The Bertz CT molecular complexity index is 164. The van der Waals surface area contributed by atoms with Gasteiger partial charge in [0.05, 0.1) is 6.07 Å². The van der Waals surface area contributed by atoms with Crippen LogP contribution < -0.4 is 0 Å². The van der Waals surface area contributed by atoms with Crippen molar-refractivity contribution in [1.82, 2.24) is 0 Å². The molecular weight excluding hydrogens is 116 g/mol. The standard InChI is InChI=1S/C6H8N2O/c1-6(2,8-9)4-3-5-7/h3-4H,1-2H3. The summed E-state index contributed by atoms with van der Waals surface area (Å²) in [4.78, 5) is 9.92. The molecule has 0 rings (SSSR count). The molecule has 3 heteroatoms. The molecule has 0 saturated heterocycles. The van der Waals surface area contributed by atoms with Gasteiger partial charge in [-0.2, -0.15) is 5.26 Å². The van der Waals surface area contributed by atoms with Gasteiger partial charge >= 0.3 is 0 Å². The second-order valence-electron chi connectivity index (χ2n) is 2.21. The molecule has 0 aromatic heterocycles. The van der Waals surface area contributed by atoms with Gasteiger partial charge in [0.2, 0.25) is 0 Å². The van der Waals surface area contributed by atoms with Gasteiger partial charge in [0.25, 0.3) is 0 Å². The fraction of sp³-hybridized carbons (Fsp3) is 0.500. The molecule has 3 nitrogen and oxygen atoms in total. The number of allylic oxidation sites excluding steroid dienone is 1.